The maximum absolute atomic E-state index is 11.9. The van der Waals surface area contributed by atoms with Crippen molar-refractivity contribution in [2.45, 2.75) is 27.2 Å². The van der Waals surface area contributed by atoms with Gasteiger partial charge in [-0.1, -0.05) is 26.8 Å². The molecule has 0 aliphatic carbocycles. The number of nitrogens with one attached hydrogen (secondary N) is 3. The summed E-state index contributed by atoms with van der Waals surface area (Å²) in [6.07, 6.45) is 0.884. The summed E-state index contributed by atoms with van der Waals surface area (Å²) in [7, 11) is 0. The molecule has 1 aromatic carbocycles. The second-order valence-corrected chi connectivity index (χ2v) is 5.34. The Bertz CT molecular complexity index is 529. The van der Waals surface area contributed by atoms with Crippen LogP contribution in [-0.4, -0.2) is 23.5 Å². The van der Waals surface area contributed by atoms with E-state index in [-0.39, 0.29) is 22.8 Å². The Kier molecular flexibility index (Phi) is 6.81. The minimum Gasteiger partial charge on any atom is -0.352 e. The van der Waals surface area contributed by atoms with Crippen LogP contribution in [0.5, 0.6) is 0 Å². The van der Waals surface area contributed by atoms with E-state index >= 15 is 0 Å². The molecule has 6 heteroatoms. The molecule has 114 valence electrons. The van der Waals surface area contributed by atoms with E-state index < -0.39 is 0 Å². The molecule has 0 spiro atoms. The van der Waals surface area contributed by atoms with E-state index in [0.29, 0.717) is 17.8 Å². The summed E-state index contributed by atoms with van der Waals surface area (Å²) in [6, 6.07) is 6.96. The number of amides is 2. The fourth-order valence-electron chi connectivity index (χ4n) is 1.50. The molecule has 0 bridgehead atoms. The first-order valence-electron chi connectivity index (χ1n) is 6.94. The van der Waals surface area contributed by atoms with Crippen LogP contribution in [0.4, 0.5) is 5.69 Å². The van der Waals surface area contributed by atoms with E-state index in [9.17, 15) is 9.59 Å². The molecule has 0 heterocycles. The second kappa shape index (κ2) is 8.36. The van der Waals surface area contributed by atoms with Gasteiger partial charge in [-0.05, 0) is 36.8 Å². The largest absolute Gasteiger partial charge is 0.352 e. The molecular formula is C15H21N3O2S. The molecule has 0 saturated carbocycles. The van der Waals surface area contributed by atoms with Gasteiger partial charge in [0, 0.05) is 23.7 Å². The van der Waals surface area contributed by atoms with E-state index in [1.54, 1.807) is 38.1 Å². The fourth-order valence-corrected chi connectivity index (χ4v) is 1.72. The number of hydrogen-bond donors (Lipinski definition) is 3. The topological polar surface area (TPSA) is 70.2 Å². The molecule has 1 aromatic rings. The standard InChI is InChI=1S/C15H21N3O2S/c1-4-8-16-14(20)11-6-5-7-12(9-11)17-15(21)18-13(19)10(2)3/h5-7,9-10H,4,8H2,1-3H3,(H,16,20)(H2,17,18,19,21). The van der Waals surface area contributed by atoms with Crippen molar-refractivity contribution in [1.29, 1.82) is 0 Å². The zero-order valence-electron chi connectivity index (χ0n) is 12.5. The Balaban J connectivity index is 2.66. The lowest BCUT2D eigenvalue weighted by molar-refractivity contribution is -0.122. The minimum atomic E-state index is -0.149. The van der Waals surface area contributed by atoms with E-state index in [1.165, 1.54) is 0 Å². The first-order valence-corrected chi connectivity index (χ1v) is 7.35. The summed E-state index contributed by atoms with van der Waals surface area (Å²) in [4.78, 5) is 23.4. The lowest BCUT2D eigenvalue weighted by Crippen LogP contribution is -2.36. The number of carbonyl (C=O) groups is 2. The van der Waals surface area contributed by atoms with Gasteiger partial charge in [0.2, 0.25) is 5.91 Å². The predicted octanol–water partition coefficient (Wildman–Crippen LogP) is 2.30. The van der Waals surface area contributed by atoms with Crippen LogP contribution in [0.3, 0.4) is 0 Å². The molecule has 0 aromatic heterocycles. The number of hydrogen-bond acceptors (Lipinski definition) is 3. The monoisotopic (exact) mass is 307 g/mol. The smallest absolute Gasteiger partial charge is 0.251 e. The lowest BCUT2D eigenvalue weighted by Gasteiger charge is -2.12. The average Bonchev–Trinajstić information content (AvgIpc) is 2.44. The Labute approximate surface area is 130 Å². The molecular weight excluding hydrogens is 286 g/mol. The van der Waals surface area contributed by atoms with Crippen LogP contribution in [0.25, 0.3) is 0 Å². The number of anilines is 1. The Morgan fingerprint density at radius 1 is 1.29 bits per heavy atom. The van der Waals surface area contributed by atoms with Crippen LogP contribution in [0.2, 0.25) is 0 Å². The average molecular weight is 307 g/mol. The van der Waals surface area contributed by atoms with Crippen molar-refractivity contribution in [1.82, 2.24) is 10.6 Å². The normalized spacial score (nSPS) is 10.1. The van der Waals surface area contributed by atoms with Crippen LogP contribution in [0, 0.1) is 5.92 Å². The van der Waals surface area contributed by atoms with Gasteiger partial charge in [0.15, 0.2) is 5.11 Å². The van der Waals surface area contributed by atoms with E-state index in [4.69, 9.17) is 12.2 Å². The number of carbonyl (C=O) groups excluding carboxylic acids is 2. The first-order chi connectivity index (χ1) is 9.93. The number of benzene rings is 1. The Morgan fingerprint density at radius 3 is 2.62 bits per heavy atom. The molecule has 1 rings (SSSR count). The van der Waals surface area contributed by atoms with Crippen molar-refractivity contribution in [3.63, 3.8) is 0 Å². The Hall–Kier alpha value is -1.95. The van der Waals surface area contributed by atoms with Crippen molar-refractivity contribution >= 4 is 34.8 Å². The lowest BCUT2D eigenvalue weighted by atomic mass is 10.2. The molecule has 0 aliphatic rings. The van der Waals surface area contributed by atoms with Gasteiger partial charge in [0.05, 0.1) is 0 Å². The maximum Gasteiger partial charge on any atom is 0.251 e. The predicted molar refractivity (Wildman–Crippen MR) is 88.3 cm³/mol. The third kappa shape index (κ3) is 5.91. The summed E-state index contributed by atoms with van der Waals surface area (Å²) in [6.45, 7) is 6.21. The highest BCUT2D eigenvalue weighted by Crippen LogP contribution is 2.10. The first kappa shape index (κ1) is 17.1. The Morgan fingerprint density at radius 2 is 2.00 bits per heavy atom. The second-order valence-electron chi connectivity index (χ2n) is 4.93. The molecule has 2 amide bonds. The third-order valence-corrected chi connectivity index (χ3v) is 2.88. The number of rotatable bonds is 5. The molecule has 0 unspecified atom stereocenters. The van der Waals surface area contributed by atoms with Crippen LogP contribution in [0.15, 0.2) is 24.3 Å². The molecule has 5 nitrogen and oxygen atoms in total. The molecule has 0 aliphatic heterocycles. The van der Waals surface area contributed by atoms with Crippen LogP contribution < -0.4 is 16.0 Å². The van der Waals surface area contributed by atoms with Crippen LogP contribution in [-0.2, 0) is 4.79 Å². The van der Waals surface area contributed by atoms with Gasteiger partial charge in [0.25, 0.3) is 5.91 Å². The molecule has 0 radical (unpaired) electrons. The third-order valence-electron chi connectivity index (χ3n) is 2.68. The highest BCUT2D eigenvalue weighted by molar-refractivity contribution is 7.80. The van der Waals surface area contributed by atoms with Crippen molar-refractivity contribution in [3.8, 4) is 0 Å². The van der Waals surface area contributed by atoms with Gasteiger partial charge >= 0.3 is 0 Å². The molecule has 3 N–H and O–H groups in total. The highest BCUT2D eigenvalue weighted by Gasteiger charge is 2.10. The fraction of sp³-hybridized carbons (Fsp3) is 0.400. The van der Waals surface area contributed by atoms with Gasteiger partial charge in [-0.3, -0.25) is 9.59 Å². The van der Waals surface area contributed by atoms with E-state index in [2.05, 4.69) is 16.0 Å². The van der Waals surface area contributed by atoms with Crippen molar-refractivity contribution in [2.24, 2.45) is 5.92 Å². The van der Waals surface area contributed by atoms with Gasteiger partial charge < -0.3 is 16.0 Å². The maximum atomic E-state index is 11.9. The highest BCUT2D eigenvalue weighted by atomic mass is 32.1. The van der Waals surface area contributed by atoms with Gasteiger partial charge in [-0.25, -0.2) is 0 Å². The van der Waals surface area contributed by atoms with Gasteiger partial charge in [0.1, 0.15) is 0 Å². The summed E-state index contributed by atoms with van der Waals surface area (Å²) in [5, 5.41) is 8.52. The van der Waals surface area contributed by atoms with Crippen LogP contribution >= 0.6 is 12.2 Å². The summed E-state index contributed by atoms with van der Waals surface area (Å²) in [5.41, 5.74) is 1.21. The zero-order chi connectivity index (χ0) is 15.8. The number of thiocarbonyl (C=S) groups is 1. The molecule has 21 heavy (non-hydrogen) atoms. The van der Waals surface area contributed by atoms with E-state index in [0.717, 1.165) is 6.42 Å². The summed E-state index contributed by atoms with van der Waals surface area (Å²) in [5.74, 6) is -0.419. The van der Waals surface area contributed by atoms with Crippen molar-refractivity contribution < 1.29 is 9.59 Å². The van der Waals surface area contributed by atoms with Gasteiger partial charge in [-0.2, -0.15) is 0 Å². The molecule has 0 fully saturated rings. The van der Waals surface area contributed by atoms with Gasteiger partial charge in [-0.15, -0.1) is 0 Å². The summed E-state index contributed by atoms with van der Waals surface area (Å²) >= 11 is 5.07. The summed E-state index contributed by atoms with van der Waals surface area (Å²) < 4.78 is 0. The van der Waals surface area contributed by atoms with Crippen molar-refractivity contribution in [3.05, 3.63) is 29.8 Å². The minimum absolute atomic E-state index is 0.127. The van der Waals surface area contributed by atoms with Crippen LogP contribution in [0.1, 0.15) is 37.6 Å². The van der Waals surface area contributed by atoms with Crippen molar-refractivity contribution in [2.75, 3.05) is 11.9 Å². The SMILES string of the molecule is CCCNC(=O)c1cccc(NC(=S)NC(=O)C(C)C)c1. The molecule has 0 atom stereocenters. The quantitative estimate of drug-likeness (QED) is 0.730. The van der Waals surface area contributed by atoms with E-state index in [1.807, 2.05) is 6.92 Å². The zero-order valence-corrected chi connectivity index (χ0v) is 13.3. The molecule has 0 saturated heterocycles.